The quantitative estimate of drug-likeness (QED) is 0.805. The zero-order chi connectivity index (χ0) is 12.3. The zero-order valence-electron chi connectivity index (χ0n) is 11.0. The van der Waals surface area contributed by atoms with E-state index >= 15 is 0 Å². The number of likely N-dealkylation sites (tertiary alicyclic amines) is 1. The van der Waals surface area contributed by atoms with E-state index in [1.807, 2.05) is 4.90 Å². The molecule has 2 aliphatic heterocycles. The van der Waals surface area contributed by atoms with Crippen molar-refractivity contribution in [3.8, 4) is 0 Å². The molecular weight excluding hydrogens is 216 g/mol. The van der Waals surface area contributed by atoms with Gasteiger partial charge in [-0.2, -0.15) is 0 Å². The van der Waals surface area contributed by atoms with Gasteiger partial charge >= 0.3 is 0 Å². The Morgan fingerprint density at radius 3 is 2.71 bits per heavy atom. The van der Waals surface area contributed by atoms with Crippen LogP contribution in [-0.2, 0) is 9.53 Å². The van der Waals surface area contributed by atoms with Gasteiger partial charge in [0.05, 0.1) is 5.60 Å². The summed E-state index contributed by atoms with van der Waals surface area (Å²) in [7, 11) is 0. The number of hydrogen-bond acceptors (Lipinski definition) is 3. The highest BCUT2D eigenvalue weighted by molar-refractivity contribution is 5.73. The van der Waals surface area contributed by atoms with Crippen molar-refractivity contribution in [1.82, 2.24) is 10.2 Å². The van der Waals surface area contributed by atoms with Crippen molar-refractivity contribution in [2.45, 2.75) is 51.2 Å². The average Bonchev–Trinajstić information content (AvgIpc) is 2.75. The molecule has 4 nitrogen and oxygen atoms in total. The summed E-state index contributed by atoms with van der Waals surface area (Å²) >= 11 is 0. The molecule has 2 saturated heterocycles. The van der Waals surface area contributed by atoms with Crippen LogP contribution >= 0.6 is 0 Å². The molecule has 0 radical (unpaired) electrons. The molecule has 0 aromatic carbocycles. The maximum Gasteiger partial charge on any atom is 0.219 e. The highest BCUT2D eigenvalue weighted by Gasteiger charge is 2.30. The summed E-state index contributed by atoms with van der Waals surface area (Å²) in [4.78, 5) is 13.1. The van der Waals surface area contributed by atoms with Crippen molar-refractivity contribution in [3.05, 3.63) is 0 Å². The first-order chi connectivity index (χ1) is 8.09. The fourth-order valence-corrected chi connectivity index (χ4v) is 2.74. The Morgan fingerprint density at radius 2 is 2.18 bits per heavy atom. The molecule has 1 amide bonds. The van der Waals surface area contributed by atoms with Gasteiger partial charge in [-0.1, -0.05) is 0 Å². The topological polar surface area (TPSA) is 41.6 Å². The second-order valence-corrected chi connectivity index (χ2v) is 5.56. The number of amides is 1. The van der Waals surface area contributed by atoms with Gasteiger partial charge in [0.25, 0.3) is 0 Å². The Labute approximate surface area is 104 Å². The van der Waals surface area contributed by atoms with Crippen LogP contribution in [-0.4, -0.2) is 48.7 Å². The van der Waals surface area contributed by atoms with E-state index in [2.05, 4.69) is 12.2 Å². The maximum atomic E-state index is 11.2. The molecule has 17 heavy (non-hydrogen) atoms. The van der Waals surface area contributed by atoms with E-state index < -0.39 is 0 Å². The van der Waals surface area contributed by atoms with Crippen LogP contribution in [0.5, 0.6) is 0 Å². The third kappa shape index (κ3) is 3.42. The van der Waals surface area contributed by atoms with Gasteiger partial charge in [-0.15, -0.1) is 0 Å². The molecule has 1 N–H and O–H groups in total. The van der Waals surface area contributed by atoms with Gasteiger partial charge in [0.15, 0.2) is 0 Å². The van der Waals surface area contributed by atoms with Gasteiger partial charge in [0.1, 0.15) is 0 Å². The molecule has 0 aromatic rings. The van der Waals surface area contributed by atoms with Crippen molar-refractivity contribution >= 4 is 5.91 Å². The molecule has 0 saturated carbocycles. The highest BCUT2D eigenvalue weighted by atomic mass is 16.5. The first-order valence-corrected chi connectivity index (χ1v) is 6.72. The lowest BCUT2D eigenvalue weighted by Crippen LogP contribution is -2.48. The van der Waals surface area contributed by atoms with Crippen LogP contribution in [0.1, 0.15) is 39.5 Å². The minimum atomic E-state index is 0.0394. The van der Waals surface area contributed by atoms with Crippen LogP contribution in [0.4, 0.5) is 0 Å². The SMILES string of the molecule is CC(=O)N1CCC(NCC2(C)CCCO2)CC1. The number of ether oxygens (including phenoxy) is 1. The van der Waals surface area contributed by atoms with E-state index in [0.717, 1.165) is 45.5 Å². The Morgan fingerprint density at radius 1 is 1.47 bits per heavy atom. The lowest BCUT2D eigenvalue weighted by Gasteiger charge is -2.34. The zero-order valence-corrected chi connectivity index (χ0v) is 11.0. The third-order valence-electron chi connectivity index (χ3n) is 4.01. The van der Waals surface area contributed by atoms with E-state index in [0.29, 0.717) is 6.04 Å². The number of piperidine rings is 1. The van der Waals surface area contributed by atoms with Crippen LogP contribution < -0.4 is 5.32 Å². The normalized spacial score (nSPS) is 30.8. The van der Waals surface area contributed by atoms with Crippen molar-refractivity contribution in [1.29, 1.82) is 0 Å². The van der Waals surface area contributed by atoms with Crippen LogP contribution in [0.3, 0.4) is 0 Å². The fraction of sp³-hybridized carbons (Fsp3) is 0.923. The first kappa shape index (κ1) is 12.8. The molecule has 2 rings (SSSR count). The summed E-state index contributed by atoms with van der Waals surface area (Å²) in [5, 5.41) is 3.60. The molecule has 0 aliphatic carbocycles. The molecular formula is C13H24N2O2. The second kappa shape index (κ2) is 5.36. The van der Waals surface area contributed by atoms with Crippen LogP contribution in [0.25, 0.3) is 0 Å². The Bertz CT molecular complexity index is 267. The lowest BCUT2D eigenvalue weighted by molar-refractivity contribution is -0.129. The summed E-state index contributed by atoms with van der Waals surface area (Å²) in [5.41, 5.74) is 0.0394. The molecule has 0 spiro atoms. The van der Waals surface area contributed by atoms with Gasteiger partial charge in [0, 0.05) is 39.2 Å². The van der Waals surface area contributed by atoms with Crippen LogP contribution in [0.15, 0.2) is 0 Å². The first-order valence-electron chi connectivity index (χ1n) is 6.72. The molecule has 2 aliphatic rings. The van der Waals surface area contributed by atoms with E-state index in [4.69, 9.17) is 4.74 Å². The molecule has 2 heterocycles. The van der Waals surface area contributed by atoms with Crippen LogP contribution in [0, 0.1) is 0 Å². The number of carbonyl (C=O) groups excluding carboxylic acids is 1. The molecule has 98 valence electrons. The summed E-state index contributed by atoms with van der Waals surface area (Å²) in [6.45, 7) is 7.48. The van der Waals surface area contributed by atoms with Gasteiger partial charge in [-0.3, -0.25) is 4.79 Å². The number of hydrogen-bond donors (Lipinski definition) is 1. The molecule has 0 aromatic heterocycles. The molecule has 4 heteroatoms. The fourth-order valence-electron chi connectivity index (χ4n) is 2.74. The number of nitrogens with one attached hydrogen (secondary N) is 1. The molecule has 0 bridgehead atoms. The summed E-state index contributed by atoms with van der Waals surface area (Å²) in [6, 6.07) is 0.548. The van der Waals surface area contributed by atoms with Gasteiger partial charge in [-0.25, -0.2) is 0 Å². The monoisotopic (exact) mass is 240 g/mol. The Balaban J connectivity index is 1.69. The maximum absolute atomic E-state index is 11.2. The molecule has 2 fully saturated rings. The van der Waals surface area contributed by atoms with E-state index in [-0.39, 0.29) is 11.5 Å². The summed E-state index contributed by atoms with van der Waals surface area (Å²) in [5.74, 6) is 0.203. The highest BCUT2D eigenvalue weighted by Crippen LogP contribution is 2.24. The van der Waals surface area contributed by atoms with Crippen molar-refractivity contribution in [2.75, 3.05) is 26.2 Å². The minimum Gasteiger partial charge on any atom is -0.374 e. The standard InChI is InChI=1S/C13H24N2O2/c1-11(16)15-7-4-12(5-8-15)14-10-13(2)6-3-9-17-13/h12,14H,3-10H2,1-2H3. The average molecular weight is 240 g/mol. The Kier molecular flexibility index (Phi) is 4.05. The Hall–Kier alpha value is -0.610. The third-order valence-corrected chi connectivity index (χ3v) is 4.01. The second-order valence-electron chi connectivity index (χ2n) is 5.56. The predicted molar refractivity (Wildman–Crippen MR) is 66.9 cm³/mol. The molecule has 1 unspecified atom stereocenters. The number of rotatable bonds is 3. The van der Waals surface area contributed by atoms with E-state index in [1.54, 1.807) is 6.92 Å². The summed E-state index contributed by atoms with van der Waals surface area (Å²) < 4.78 is 5.76. The lowest BCUT2D eigenvalue weighted by atomic mass is 10.00. The van der Waals surface area contributed by atoms with Gasteiger partial charge in [-0.05, 0) is 32.6 Å². The smallest absolute Gasteiger partial charge is 0.219 e. The predicted octanol–water partition coefficient (Wildman–Crippen LogP) is 1.16. The molecule has 1 atom stereocenters. The van der Waals surface area contributed by atoms with E-state index in [9.17, 15) is 4.79 Å². The van der Waals surface area contributed by atoms with Crippen molar-refractivity contribution in [2.24, 2.45) is 0 Å². The largest absolute Gasteiger partial charge is 0.374 e. The minimum absolute atomic E-state index is 0.0394. The summed E-state index contributed by atoms with van der Waals surface area (Å²) in [6.07, 6.45) is 4.47. The van der Waals surface area contributed by atoms with Crippen molar-refractivity contribution < 1.29 is 9.53 Å². The number of carbonyl (C=O) groups is 1. The van der Waals surface area contributed by atoms with Crippen LogP contribution in [0.2, 0.25) is 0 Å². The van der Waals surface area contributed by atoms with Gasteiger partial charge in [0.2, 0.25) is 5.91 Å². The van der Waals surface area contributed by atoms with Gasteiger partial charge < -0.3 is 15.0 Å². The van der Waals surface area contributed by atoms with E-state index in [1.165, 1.54) is 6.42 Å². The van der Waals surface area contributed by atoms with Crippen molar-refractivity contribution in [3.63, 3.8) is 0 Å². The number of nitrogens with zero attached hydrogens (tertiary/aromatic N) is 1.